The van der Waals surface area contributed by atoms with Crippen molar-refractivity contribution in [2.24, 2.45) is 0 Å². The first-order chi connectivity index (χ1) is 18.0. The summed E-state index contributed by atoms with van der Waals surface area (Å²) in [6.07, 6.45) is 0.188. The van der Waals surface area contributed by atoms with Crippen LogP contribution in [0.1, 0.15) is 36.0 Å². The quantitative estimate of drug-likeness (QED) is 0.112. The second kappa shape index (κ2) is 12.8. The van der Waals surface area contributed by atoms with Gasteiger partial charge in [0.25, 0.3) is 0 Å². The van der Waals surface area contributed by atoms with Crippen LogP contribution in [0.3, 0.4) is 0 Å². The van der Waals surface area contributed by atoms with E-state index in [-0.39, 0.29) is 12.3 Å². The Bertz CT molecular complexity index is 1430. The number of carbonyl (C=O) groups is 1. The number of hydrogen-bond acceptors (Lipinski definition) is 5. The number of hydrogen-bond donors (Lipinski definition) is 0. The largest absolute Gasteiger partial charge is 0.491 e. The number of fused-ring (bicyclic) bond motifs is 1. The number of benzene rings is 3. The molecule has 0 fully saturated rings. The standard InChI is InChI=1S/C31H29ClO4S/c1-4-5-24(17-31(32)33)23-8-11-25(12-9-23)36-19-22-7-13-30-28(16-22)29(20-37-30)27-18-26(10-6-21(27)2)35-15-14-34-3/h6-13,16,18,20,24H,14-15,17,19H2,1-3H3/t24-/m0/s1. The Labute approximate surface area is 227 Å². The molecule has 4 rings (SSSR count). The lowest BCUT2D eigenvalue weighted by Crippen LogP contribution is -2.04. The Morgan fingerprint density at radius 3 is 2.49 bits per heavy atom. The van der Waals surface area contributed by atoms with Gasteiger partial charge in [-0.3, -0.25) is 4.79 Å². The topological polar surface area (TPSA) is 44.8 Å². The smallest absolute Gasteiger partial charge is 0.223 e. The average molecular weight is 533 g/mol. The highest BCUT2D eigenvalue weighted by molar-refractivity contribution is 7.17. The molecule has 1 heterocycles. The predicted molar refractivity (Wildman–Crippen MR) is 152 cm³/mol. The van der Waals surface area contributed by atoms with Crippen molar-refractivity contribution in [2.45, 2.75) is 32.8 Å². The number of halogens is 1. The van der Waals surface area contributed by atoms with Gasteiger partial charge in [-0.2, -0.15) is 0 Å². The molecule has 1 atom stereocenters. The van der Waals surface area contributed by atoms with Gasteiger partial charge in [0.05, 0.1) is 12.5 Å². The third-order valence-electron chi connectivity index (χ3n) is 6.06. The van der Waals surface area contributed by atoms with Gasteiger partial charge in [0.15, 0.2) is 0 Å². The van der Waals surface area contributed by atoms with Gasteiger partial charge in [-0.1, -0.05) is 30.2 Å². The van der Waals surface area contributed by atoms with Crippen LogP contribution in [0.25, 0.3) is 21.2 Å². The molecular formula is C31H29ClO4S. The number of methoxy groups -OCH3 is 1. The molecule has 0 amide bonds. The molecule has 0 aliphatic carbocycles. The van der Waals surface area contributed by atoms with Crippen LogP contribution in [0.2, 0.25) is 0 Å². The van der Waals surface area contributed by atoms with Crippen LogP contribution in [-0.4, -0.2) is 25.6 Å². The highest BCUT2D eigenvalue weighted by atomic mass is 35.5. The molecule has 0 spiro atoms. The minimum atomic E-state index is -0.392. The Kier molecular flexibility index (Phi) is 9.24. The molecule has 6 heteroatoms. The van der Waals surface area contributed by atoms with Crippen LogP contribution >= 0.6 is 22.9 Å². The lowest BCUT2D eigenvalue weighted by Gasteiger charge is -2.12. The van der Waals surface area contributed by atoms with Crippen molar-refractivity contribution in [1.29, 1.82) is 0 Å². The van der Waals surface area contributed by atoms with Crippen molar-refractivity contribution < 1.29 is 19.0 Å². The van der Waals surface area contributed by atoms with Crippen molar-refractivity contribution in [1.82, 2.24) is 0 Å². The Balaban J connectivity index is 1.50. The highest BCUT2D eigenvalue weighted by Gasteiger charge is 2.14. The summed E-state index contributed by atoms with van der Waals surface area (Å²) >= 11 is 7.33. The predicted octanol–water partition coefficient (Wildman–Crippen LogP) is 7.74. The van der Waals surface area contributed by atoms with Gasteiger partial charge >= 0.3 is 0 Å². The van der Waals surface area contributed by atoms with Gasteiger partial charge in [-0.15, -0.1) is 17.3 Å². The Morgan fingerprint density at radius 1 is 0.973 bits per heavy atom. The fourth-order valence-electron chi connectivity index (χ4n) is 4.15. The van der Waals surface area contributed by atoms with Gasteiger partial charge in [0, 0.05) is 29.2 Å². The number of rotatable bonds is 11. The summed E-state index contributed by atoms with van der Waals surface area (Å²) in [4.78, 5) is 11.4. The zero-order valence-corrected chi connectivity index (χ0v) is 22.7. The molecule has 0 N–H and O–H groups in total. The van der Waals surface area contributed by atoms with E-state index in [2.05, 4.69) is 54.5 Å². The number of aryl methyl sites for hydroxylation is 1. The molecule has 0 bridgehead atoms. The first-order valence-corrected chi connectivity index (χ1v) is 13.3. The minimum Gasteiger partial charge on any atom is -0.491 e. The maximum atomic E-state index is 11.4. The Morgan fingerprint density at radius 2 is 1.76 bits per heavy atom. The summed E-state index contributed by atoms with van der Waals surface area (Å²) in [5.41, 5.74) is 5.59. The Hall–Kier alpha value is -3.30. The molecular weight excluding hydrogens is 504 g/mol. The van der Waals surface area contributed by atoms with E-state index in [9.17, 15) is 4.79 Å². The van der Waals surface area contributed by atoms with Crippen molar-refractivity contribution >= 4 is 38.3 Å². The average Bonchev–Trinajstić information content (AvgIpc) is 3.31. The summed E-state index contributed by atoms with van der Waals surface area (Å²) in [5, 5.41) is 3.01. The molecule has 190 valence electrons. The SMILES string of the molecule is CC#C[C@@H](CC(=O)Cl)c1ccc(OCc2ccc3scc(-c4cc(OCCOC)ccc4C)c3c2)cc1. The maximum absolute atomic E-state index is 11.4. The lowest BCUT2D eigenvalue weighted by atomic mass is 9.97. The molecule has 0 saturated carbocycles. The molecule has 3 aromatic carbocycles. The van der Waals surface area contributed by atoms with Crippen LogP contribution in [0, 0.1) is 18.8 Å². The van der Waals surface area contributed by atoms with Crippen molar-refractivity contribution in [3.05, 3.63) is 82.7 Å². The van der Waals surface area contributed by atoms with Gasteiger partial charge < -0.3 is 14.2 Å². The zero-order valence-electron chi connectivity index (χ0n) is 21.2. The molecule has 0 radical (unpaired) electrons. The van der Waals surface area contributed by atoms with E-state index in [1.807, 2.05) is 30.3 Å². The molecule has 4 nitrogen and oxygen atoms in total. The van der Waals surface area contributed by atoms with E-state index in [4.69, 9.17) is 25.8 Å². The van der Waals surface area contributed by atoms with E-state index in [1.165, 1.54) is 21.2 Å². The summed E-state index contributed by atoms with van der Waals surface area (Å²) in [5.74, 6) is 7.31. The number of thiophene rings is 1. The highest BCUT2D eigenvalue weighted by Crippen LogP contribution is 2.38. The third-order valence-corrected chi connectivity index (χ3v) is 7.18. The van der Waals surface area contributed by atoms with E-state index in [0.29, 0.717) is 19.8 Å². The first-order valence-electron chi connectivity index (χ1n) is 12.0. The number of carbonyl (C=O) groups excluding carboxylic acids is 1. The van der Waals surface area contributed by atoms with E-state index in [0.717, 1.165) is 28.2 Å². The first kappa shape index (κ1) is 26.8. The second-order valence-corrected chi connectivity index (χ2v) is 9.99. The van der Waals surface area contributed by atoms with Crippen molar-refractivity contribution in [2.75, 3.05) is 20.3 Å². The second-order valence-electron chi connectivity index (χ2n) is 8.66. The molecule has 4 aromatic rings. The van der Waals surface area contributed by atoms with Crippen LogP contribution in [0.5, 0.6) is 11.5 Å². The zero-order chi connectivity index (χ0) is 26.2. The van der Waals surface area contributed by atoms with Gasteiger partial charge in [-0.05, 0) is 89.5 Å². The molecule has 0 unspecified atom stereocenters. The molecule has 0 aliphatic rings. The summed E-state index contributed by atoms with van der Waals surface area (Å²) in [7, 11) is 1.67. The van der Waals surface area contributed by atoms with Crippen LogP contribution < -0.4 is 9.47 Å². The maximum Gasteiger partial charge on any atom is 0.223 e. The molecule has 1 aromatic heterocycles. The van der Waals surface area contributed by atoms with E-state index in [1.54, 1.807) is 25.4 Å². The summed E-state index contributed by atoms with van der Waals surface area (Å²) in [6.45, 7) is 5.39. The van der Waals surface area contributed by atoms with Crippen LogP contribution in [-0.2, 0) is 16.1 Å². The molecule has 0 aliphatic heterocycles. The van der Waals surface area contributed by atoms with Gasteiger partial charge in [0.1, 0.15) is 24.7 Å². The molecule has 0 saturated heterocycles. The fourth-order valence-corrected chi connectivity index (χ4v) is 5.24. The monoisotopic (exact) mass is 532 g/mol. The fraction of sp³-hybridized carbons (Fsp3) is 0.258. The van der Waals surface area contributed by atoms with Gasteiger partial charge in [0.2, 0.25) is 5.24 Å². The molecule has 37 heavy (non-hydrogen) atoms. The van der Waals surface area contributed by atoms with E-state index >= 15 is 0 Å². The van der Waals surface area contributed by atoms with E-state index < -0.39 is 5.24 Å². The van der Waals surface area contributed by atoms with Crippen molar-refractivity contribution in [3.63, 3.8) is 0 Å². The summed E-state index contributed by atoms with van der Waals surface area (Å²) < 4.78 is 18.3. The lowest BCUT2D eigenvalue weighted by molar-refractivity contribution is -0.111. The van der Waals surface area contributed by atoms with Crippen LogP contribution in [0.4, 0.5) is 0 Å². The van der Waals surface area contributed by atoms with Crippen LogP contribution in [0.15, 0.2) is 66.0 Å². The number of ether oxygens (including phenoxy) is 3. The van der Waals surface area contributed by atoms with Gasteiger partial charge in [-0.25, -0.2) is 0 Å². The third kappa shape index (κ3) is 6.93. The summed E-state index contributed by atoms with van der Waals surface area (Å²) in [6, 6.07) is 20.3. The normalized spacial score (nSPS) is 11.6. The van der Waals surface area contributed by atoms with Crippen molar-refractivity contribution in [3.8, 4) is 34.5 Å². The minimum absolute atomic E-state index is 0.188.